The van der Waals surface area contributed by atoms with Crippen LogP contribution < -0.4 is 5.32 Å². The van der Waals surface area contributed by atoms with Crippen molar-refractivity contribution in [2.45, 2.75) is 56.0 Å². The average molecular weight is 407 g/mol. The second-order valence-corrected chi connectivity index (χ2v) is 8.96. The zero-order valence-electron chi connectivity index (χ0n) is 15.8. The number of β-lactam (4-membered cyclic amide) rings is 1. The number of thioether (sulfide) groups is 1. The SMILES string of the molecule is CCC(=O)NC1(C(=O)OCc2ccc([N+](=O)[O-])cc2)N2C(=O)C[C@H]2SC1(C)C. The van der Waals surface area contributed by atoms with Crippen LogP contribution in [0.1, 0.15) is 39.2 Å². The Labute approximate surface area is 165 Å². The van der Waals surface area contributed by atoms with Gasteiger partial charge in [0.25, 0.3) is 5.69 Å². The van der Waals surface area contributed by atoms with Gasteiger partial charge in [0.15, 0.2) is 0 Å². The van der Waals surface area contributed by atoms with Crippen molar-refractivity contribution in [2.24, 2.45) is 0 Å². The number of amides is 2. The van der Waals surface area contributed by atoms with E-state index in [1.807, 2.05) is 0 Å². The van der Waals surface area contributed by atoms with E-state index in [-0.39, 0.29) is 35.9 Å². The highest BCUT2D eigenvalue weighted by Crippen LogP contribution is 2.56. The predicted octanol–water partition coefficient (Wildman–Crippen LogP) is 1.94. The Kier molecular flexibility index (Phi) is 5.09. The second-order valence-electron chi connectivity index (χ2n) is 7.16. The molecular weight excluding hydrogens is 386 g/mol. The van der Waals surface area contributed by atoms with E-state index in [4.69, 9.17) is 4.74 Å². The van der Waals surface area contributed by atoms with Gasteiger partial charge in [0.2, 0.25) is 17.5 Å². The summed E-state index contributed by atoms with van der Waals surface area (Å²) in [4.78, 5) is 49.2. The summed E-state index contributed by atoms with van der Waals surface area (Å²) < 4.78 is 4.68. The number of ether oxygens (including phenoxy) is 1. The van der Waals surface area contributed by atoms with Crippen molar-refractivity contribution in [3.8, 4) is 0 Å². The van der Waals surface area contributed by atoms with Gasteiger partial charge in [0, 0.05) is 18.6 Å². The lowest BCUT2D eigenvalue weighted by Gasteiger charge is -2.47. The zero-order chi connectivity index (χ0) is 20.7. The average Bonchev–Trinajstić information content (AvgIpc) is 2.82. The summed E-state index contributed by atoms with van der Waals surface area (Å²) in [5, 5.41) is 13.3. The first-order valence-corrected chi connectivity index (χ1v) is 9.72. The number of fused-ring (bicyclic) bond motifs is 1. The number of nitro benzene ring substituents is 1. The fourth-order valence-electron chi connectivity index (χ4n) is 3.46. The lowest BCUT2D eigenvalue weighted by Crippen LogP contribution is -2.75. The summed E-state index contributed by atoms with van der Waals surface area (Å²) >= 11 is 1.45. The molecule has 2 amide bonds. The van der Waals surface area contributed by atoms with Crippen LogP contribution in [0.3, 0.4) is 0 Å². The van der Waals surface area contributed by atoms with Crippen LogP contribution in [0.15, 0.2) is 24.3 Å². The normalized spacial score (nSPS) is 24.9. The maximum absolute atomic E-state index is 13.2. The molecule has 0 aliphatic carbocycles. The highest BCUT2D eigenvalue weighted by atomic mass is 32.2. The fraction of sp³-hybridized carbons (Fsp3) is 0.500. The number of rotatable bonds is 6. The van der Waals surface area contributed by atoms with Crippen molar-refractivity contribution in [1.82, 2.24) is 10.2 Å². The zero-order valence-corrected chi connectivity index (χ0v) is 16.6. The van der Waals surface area contributed by atoms with Crippen LogP contribution in [0, 0.1) is 10.1 Å². The first-order chi connectivity index (χ1) is 13.1. The lowest BCUT2D eigenvalue weighted by molar-refractivity contribution is -0.384. The molecule has 0 bridgehead atoms. The molecule has 1 unspecified atom stereocenters. The van der Waals surface area contributed by atoms with Gasteiger partial charge in [-0.1, -0.05) is 6.92 Å². The topological polar surface area (TPSA) is 119 Å². The van der Waals surface area contributed by atoms with E-state index in [9.17, 15) is 24.5 Å². The molecule has 0 aromatic heterocycles. The highest BCUT2D eigenvalue weighted by molar-refractivity contribution is 8.01. The van der Waals surface area contributed by atoms with E-state index in [0.717, 1.165) is 0 Å². The largest absolute Gasteiger partial charge is 0.458 e. The predicted molar refractivity (Wildman–Crippen MR) is 101 cm³/mol. The van der Waals surface area contributed by atoms with E-state index < -0.39 is 21.3 Å². The number of non-ortho nitro benzene ring substituents is 1. The Balaban J connectivity index is 1.84. The molecule has 1 N–H and O–H groups in total. The van der Waals surface area contributed by atoms with Gasteiger partial charge in [-0.05, 0) is 31.5 Å². The lowest BCUT2D eigenvalue weighted by atomic mass is 9.89. The van der Waals surface area contributed by atoms with Gasteiger partial charge in [-0.15, -0.1) is 11.8 Å². The van der Waals surface area contributed by atoms with E-state index in [2.05, 4.69) is 5.32 Å². The number of carbonyl (C=O) groups excluding carboxylic acids is 3. The number of nitrogens with zero attached hydrogens (tertiary/aromatic N) is 2. The summed E-state index contributed by atoms with van der Waals surface area (Å²) in [5.74, 6) is -1.30. The summed E-state index contributed by atoms with van der Waals surface area (Å²) in [6, 6.07) is 5.63. The standard InChI is InChI=1S/C18H21N3O6S/c1-4-13(22)19-18(17(2,3)28-15-9-14(23)20(15)18)16(24)27-10-11-5-7-12(8-6-11)21(25)26/h5-8,15H,4,9-10H2,1-3H3,(H,19,22)/t15-,18?/m1/s1. The minimum absolute atomic E-state index is 0.0656. The third kappa shape index (κ3) is 3.11. The number of hydrogen-bond acceptors (Lipinski definition) is 7. The van der Waals surface area contributed by atoms with Crippen LogP contribution in [-0.2, 0) is 25.7 Å². The number of benzene rings is 1. The van der Waals surface area contributed by atoms with E-state index in [1.54, 1.807) is 20.8 Å². The van der Waals surface area contributed by atoms with E-state index in [0.29, 0.717) is 12.0 Å². The summed E-state index contributed by atoms with van der Waals surface area (Å²) in [6.45, 7) is 5.13. The Morgan fingerprint density at radius 2 is 2.00 bits per heavy atom. The molecular formula is C18H21N3O6S. The molecule has 0 saturated carbocycles. The quantitative estimate of drug-likeness (QED) is 0.331. The van der Waals surface area contributed by atoms with Crippen LogP contribution >= 0.6 is 11.8 Å². The molecule has 2 saturated heterocycles. The molecule has 1 aromatic carbocycles. The van der Waals surface area contributed by atoms with Crippen molar-refractivity contribution >= 4 is 35.2 Å². The third-order valence-corrected chi connectivity index (χ3v) is 6.56. The van der Waals surface area contributed by atoms with Crippen LogP contribution in [-0.4, -0.2) is 43.4 Å². The van der Waals surface area contributed by atoms with Crippen LogP contribution in [0.25, 0.3) is 0 Å². The Morgan fingerprint density at radius 3 is 2.54 bits per heavy atom. The number of carbonyl (C=O) groups is 3. The minimum Gasteiger partial charge on any atom is -0.458 e. The van der Waals surface area contributed by atoms with Gasteiger partial charge in [-0.2, -0.15) is 0 Å². The maximum Gasteiger partial charge on any atom is 0.355 e. The molecule has 2 aliphatic heterocycles. The minimum atomic E-state index is -1.59. The molecule has 150 valence electrons. The maximum atomic E-state index is 13.2. The summed E-state index contributed by atoms with van der Waals surface area (Å²) in [5.41, 5.74) is -1.10. The van der Waals surface area contributed by atoms with Crippen molar-refractivity contribution in [3.63, 3.8) is 0 Å². The number of nitro groups is 1. The van der Waals surface area contributed by atoms with Crippen LogP contribution in [0.4, 0.5) is 5.69 Å². The van der Waals surface area contributed by atoms with Crippen molar-refractivity contribution < 1.29 is 24.0 Å². The van der Waals surface area contributed by atoms with Gasteiger partial charge in [0.05, 0.1) is 21.5 Å². The Bertz CT molecular complexity index is 840. The molecule has 1 aromatic rings. The van der Waals surface area contributed by atoms with Crippen LogP contribution in [0.5, 0.6) is 0 Å². The Hall–Kier alpha value is -2.62. The molecule has 0 radical (unpaired) electrons. The molecule has 3 rings (SSSR count). The molecule has 2 aliphatic rings. The molecule has 2 fully saturated rings. The molecule has 2 atom stereocenters. The van der Waals surface area contributed by atoms with Crippen LogP contribution in [0.2, 0.25) is 0 Å². The third-order valence-electron chi connectivity index (χ3n) is 5.02. The number of nitrogens with one attached hydrogen (secondary N) is 1. The highest BCUT2D eigenvalue weighted by Gasteiger charge is 2.70. The molecule has 0 spiro atoms. The smallest absolute Gasteiger partial charge is 0.355 e. The van der Waals surface area contributed by atoms with Gasteiger partial charge >= 0.3 is 5.97 Å². The van der Waals surface area contributed by atoms with Crippen molar-refractivity contribution in [2.75, 3.05) is 0 Å². The van der Waals surface area contributed by atoms with Gasteiger partial charge in [-0.3, -0.25) is 24.6 Å². The van der Waals surface area contributed by atoms with Crippen molar-refractivity contribution in [1.29, 1.82) is 0 Å². The van der Waals surface area contributed by atoms with Gasteiger partial charge in [-0.25, -0.2) is 4.79 Å². The molecule has 2 heterocycles. The fourth-order valence-corrected chi connectivity index (χ4v) is 5.15. The first-order valence-electron chi connectivity index (χ1n) is 8.84. The number of hydrogen-bond donors (Lipinski definition) is 1. The van der Waals surface area contributed by atoms with Crippen molar-refractivity contribution in [3.05, 3.63) is 39.9 Å². The first kappa shape index (κ1) is 20.1. The van der Waals surface area contributed by atoms with E-state index in [1.165, 1.54) is 40.9 Å². The number of esters is 1. The Morgan fingerprint density at radius 1 is 1.36 bits per heavy atom. The molecule has 9 nitrogen and oxygen atoms in total. The summed E-state index contributed by atoms with van der Waals surface area (Å²) in [6.07, 6.45) is 0.471. The molecule has 28 heavy (non-hydrogen) atoms. The van der Waals surface area contributed by atoms with Gasteiger partial charge < -0.3 is 10.1 Å². The van der Waals surface area contributed by atoms with E-state index >= 15 is 0 Å². The summed E-state index contributed by atoms with van der Waals surface area (Å²) in [7, 11) is 0. The monoisotopic (exact) mass is 407 g/mol. The second kappa shape index (κ2) is 7.08. The van der Waals surface area contributed by atoms with Gasteiger partial charge in [0.1, 0.15) is 6.61 Å². The molecule has 10 heteroatoms.